The Balaban J connectivity index is 2.20. The molecule has 0 aliphatic carbocycles. The van der Waals surface area contributed by atoms with E-state index in [1.165, 1.54) is 6.92 Å². The van der Waals surface area contributed by atoms with E-state index < -0.39 is 6.04 Å². The highest BCUT2D eigenvalue weighted by atomic mass is 16.5. The predicted octanol–water partition coefficient (Wildman–Crippen LogP) is 2.17. The van der Waals surface area contributed by atoms with Crippen LogP contribution < -0.4 is 10.6 Å². The molecule has 0 aromatic heterocycles. The third kappa shape index (κ3) is 5.52. The summed E-state index contributed by atoms with van der Waals surface area (Å²) in [6, 6.07) is 16.3. The SMILES string of the molecule is COC[C@H](C)[NH2+][C@@H](C(=O)Nc1cccc(C(C)=O)c1)c1ccccc1. The van der Waals surface area contributed by atoms with Crippen LogP contribution in [0.25, 0.3) is 0 Å². The van der Waals surface area contributed by atoms with Crippen LogP contribution in [0.2, 0.25) is 0 Å². The van der Waals surface area contributed by atoms with E-state index >= 15 is 0 Å². The number of ketones is 1. The minimum atomic E-state index is -0.396. The first-order chi connectivity index (χ1) is 12.0. The monoisotopic (exact) mass is 341 g/mol. The van der Waals surface area contributed by atoms with Gasteiger partial charge in [-0.25, -0.2) is 0 Å². The van der Waals surface area contributed by atoms with Gasteiger partial charge >= 0.3 is 0 Å². The molecule has 0 fully saturated rings. The molecule has 2 rings (SSSR count). The van der Waals surface area contributed by atoms with Crippen LogP contribution in [0.3, 0.4) is 0 Å². The van der Waals surface area contributed by atoms with Gasteiger partial charge in [-0.15, -0.1) is 0 Å². The number of anilines is 1. The molecule has 0 unspecified atom stereocenters. The molecule has 0 radical (unpaired) electrons. The van der Waals surface area contributed by atoms with Gasteiger partial charge in [0.1, 0.15) is 6.04 Å². The lowest BCUT2D eigenvalue weighted by molar-refractivity contribution is -0.713. The van der Waals surface area contributed by atoms with Gasteiger partial charge in [0.15, 0.2) is 11.8 Å². The maximum absolute atomic E-state index is 12.9. The van der Waals surface area contributed by atoms with Gasteiger partial charge in [-0.2, -0.15) is 0 Å². The minimum absolute atomic E-state index is 0.0315. The van der Waals surface area contributed by atoms with E-state index in [1.54, 1.807) is 31.4 Å². The summed E-state index contributed by atoms with van der Waals surface area (Å²) in [5.41, 5.74) is 2.11. The number of amides is 1. The first-order valence-corrected chi connectivity index (χ1v) is 8.32. The molecular weight excluding hydrogens is 316 g/mol. The van der Waals surface area contributed by atoms with Crippen molar-refractivity contribution in [2.24, 2.45) is 0 Å². The van der Waals surface area contributed by atoms with Crippen LogP contribution in [-0.4, -0.2) is 31.4 Å². The number of Topliss-reactive ketones (excluding diaryl/α,β-unsaturated/α-hetero) is 1. The molecule has 132 valence electrons. The Labute approximate surface area is 148 Å². The van der Waals surface area contributed by atoms with Gasteiger partial charge in [-0.3, -0.25) is 9.59 Å². The number of methoxy groups -OCH3 is 1. The zero-order valence-electron chi connectivity index (χ0n) is 14.9. The summed E-state index contributed by atoms with van der Waals surface area (Å²) in [5, 5.41) is 4.91. The summed E-state index contributed by atoms with van der Waals surface area (Å²) in [7, 11) is 1.65. The van der Waals surface area contributed by atoms with Gasteiger partial charge in [-0.05, 0) is 26.0 Å². The Morgan fingerprint density at radius 2 is 1.84 bits per heavy atom. The van der Waals surface area contributed by atoms with E-state index in [0.717, 1.165) is 5.56 Å². The van der Waals surface area contributed by atoms with E-state index in [2.05, 4.69) is 5.32 Å². The highest BCUT2D eigenvalue weighted by Gasteiger charge is 2.26. The molecule has 2 atom stereocenters. The number of carbonyl (C=O) groups is 2. The van der Waals surface area contributed by atoms with Gasteiger partial charge in [-0.1, -0.05) is 42.5 Å². The molecule has 5 heteroatoms. The lowest BCUT2D eigenvalue weighted by Crippen LogP contribution is -2.92. The van der Waals surface area contributed by atoms with Crippen molar-refractivity contribution >= 4 is 17.4 Å². The standard InChI is InChI=1S/C20H24N2O3/c1-14(13-25-3)21-19(16-8-5-4-6-9-16)20(24)22-18-11-7-10-17(12-18)15(2)23/h4-12,14,19,21H,13H2,1-3H3,(H,22,24)/p+1/t14-,19+/m0/s1. The maximum Gasteiger partial charge on any atom is 0.287 e. The number of hydrogen-bond acceptors (Lipinski definition) is 3. The van der Waals surface area contributed by atoms with Crippen molar-refractivity contribution in [2.45, 2.75) is 25.9 Å². The molecule has 1 amide bonds. The lowest BCUT2D eigenvalue weighted by Gasteiger charge is -2.20. The summed E-state index contributed by atoms with van der Waals surface area (Å²) < 4.78 is 5.18. The molecule has 0 aliphatic heterocycles. The van der Waals surface area contributed by atoms with Gasteiger partial charge in [0.2, 0.25) is 0 Å². The second-order valence-corrected chi connectivity index (χ2v) is 6.14. The zero-order chi connectivity index (χ0) is 18.2. The average molecular weight is 341 g/mol. The van der Waals surface area contributed by atoms with Gasteiger partial charge in [0, 0.05) is 23.9 Å². The molecule has 0 heterocycles. The first-order valence-electron chi connectivity index (χ1n) is 8.32. The second-order valence-electron chi connectivity index (χ2n) is 6.14. The van der Waals surface area contributed by atoms with Crippen molar-refractivity contribution in [1.29, 1.82) is 0 Å². The predicted molar refractivity (Wildman–Crippen MR) is 97.5 cm³/mol. The number of carbonyl (C=O) groups excluding carboxylic acids is 2. The van der Waals surface area contributed by atoms with Crippen LogP contribution in [0.15, 0.2) is 54.6 Å². The smallest absolute Gasteiger partial charge is 0.287 e. The molecule has 2 aromatic carbocycles. The van der Waals surface area contributed by atoms with E-state index in [0.29, 0.717) is 17.9 Å². The largest absolute Gasteiger partial charge is 0.379 e. The Morgan fingerprint density at radius 3 is 2.48 bits per heavy atom. The number of hydrogen-bond donors (Lipinski definition) is 2. The number of quaternary nitrogens is 1. The van der Waals surface area contributed by atoms with E-state index in [9.17, 15) is 9.59 Å². The minimum Gasteiger partial charge on any atom is -0.379 e. The molecule has 0 spiro atoms. The highest BCUT2D eigenvalue weighted by Crippen LogP contribution is 2.15. The molecule has 0 bridgehead atoms. The molecular formula is C20H25N2O3+. The van der Waals surface area contributed by atoms with Crippen LogP contribution in [-0.2, 0) is 9.53 Å². The van der Waals surface area contributed by atoms with Crippen molar-refractivity contribution in [1.82, 2.24) is 0 Å². The first kappa shape index (κ1) is 18.8. The molecule has 2 aromatic rings. The number of rotatable bonds is 8. The van der Waals surface area contributed by atoms with Crippen molar-refractivity contribution in [3.8, 4) is 0 Å². The van der Waals surface area contributed by atoms with E-state index in [1.807, 2.05) is 42.6 Å². The van der Waals surface area contributed by atoms with Crippen LogP contribution >= 0.6 is 0 Å². The zero-order valence-corrected chi connectivity index (χ0v) is 14.9. The third-order valence-corrected chi connectivity index (χ3v) is 3.93. The number of ether oxygens (including phenoxy) is 1. The Hall–Kier alpha value is -2.50. The normalized spacial score (nSPS) is 13.1. The lowest BCUT2D eigenvalue weighted by atomic mass is 10.0. The third-order valence-electron chi connectivity index (χ3n) is 3.93. The summed E-state index contributed by atoms with van der Waals surface area (Å²) in [4.78, 5) is 24.4. The van der Waals surface area contributed by atoms with Crippen molar-refractivity contribution < 1.29 is 19.6 Å². The number of benzene rings is 2. The van der Waals surface area contributed by atoms with Gasteiger partial charge < -0.3 is 15.4 Å². The van der Waals surface area contributed by atoms with Crippen molar-refractivity contribution in [2.75, 3.05) is 19.0 Å². The summed E-state index contributed by atoms with van der Waals surface area (Å²) >= 11 is 0. The molecule has 3 N–H and O–H groups in total. The molecule has 25 heavy (non-hydrogen) atoms. The van der Waals surface area contributed by atoms with E-state index in [4.69, 9.17) is 4.74 Å². The quantitative estimate of drug-likeness (QED) is 0.723. The second kappa shape index (κ2) is 9.11. The molecule has 0 saturated heterocycles. The van der Waals surface area contributed by atoms with Gasteiger partial charge in [0.25, 0.3) is 5.91 Å². The number of nitrogens with one attached hydrogen (secondary N) is 1. The van der Waals surface area contributed by atoms with Crippen LogP contribution in [0, 0.1) is 0 Å². The van der Waals surface area contributed by atoms with Crippen LogP contribution in [0.1, 0.15) is 35.8 Å². The summed E-state index contributed by atoms with van der Waals surface area (Å²) in [6.45, 7) is 4.08. The Morgan fingerprint density at radius 1 is 1.12 bits per heavy atom. The fraction of sp³-hybridized carbons (Fsp3) is 0.300. The Bertz CT molecular complexity index is 716. The molecule has 0 saturated carbocycles. The fourth-order valence-electron chi connectivity index (χ4n) is 2.69. The van der Waals surface area contributed by atoms with Crippen LogP contribution in [0.4, 0.5) is 5.69 Å². The van der Waals surface area contributed by atoms with E-state index in [-0.39, 0.29) is 17.7 Å². The van der Waals surface area contributed by atoms with Crippen LogP contribution in [0.5, 0.6) is 0 Å². The maximum atomic E-state index is 12.9. The topological polar surface area (TPSA) is 72.0 Å². The number of nitrogens with two attached hydrogens (primary N) is 1. The summed E-state index contributed by atoms with van der Waals surface area (Å²) in [5.74, 6) is -0.161. The highest BCUT2D eigenvalue weighted by molar-refractivity contribution is 5.98. The molecule has 0 aliphatic rings. The van der Waals surface area contributed by atoms with Crippen molar-refractivity contribution in [3.63, 3.8) is 0 Å². The van der Waals surface area contributed by atoms with Gasteiger partial charge in [0.05, 0.1) is 6.61 Å². The summed E-state index contributed by atoms with van der Waals surface area (Å²) in [6.07, 6.45) is 0. The average Bonchev–Trinajstić information content (AvgIpc) is 2.61. The fourth-order valence-corrected chi connectivity index (χ4v) is 2.69. The van der Waals surface area contributed by atoms with Crippen molar-refractivity contribution in [3.05, 3.63) is 65.7 Å². The Kier molecular flexibility index (Phi) is 6.86. The molecule has 5 nitrogen and oxygen atoms in total.